The Bertz CT molecular complexity index is 1410. The maximum Gasteiger partial charge on any atom is 0.256 e. The number of pyridine rings is 1. The summed E-state index contributed by atoms with van der Waals surface area (Å²) in [6.07, 6.45) is 2.14. The van der Waals surface area contributed by atoms with Crippen LogP contribution in [0.3, 0.4) is 0 Å². The molecule has 2 aromatic carbocycles. The van der Waals surface area contributed by atoms with E-state index in [0.29, 0.717) is 34.1 Å². The van der Waals surface area contributed by atoms with Crippen LogP contribution in [0.15, 0.2) is 54.6 Å². The molecule has 0 spiro atoms. The number of aryl methyl sites for hydroxylation is 2. The van der Waals surface area contributed by atoms with E-state index in [2.05, 4.69) is 15.7 Å². The van der Waals surface area contributed by atoms with E-state index in [1.807, 2.05) is 20.0 Å². The Morgan fingerprint density at radius 3 is 2.42 bits per heavy atom. The second kappa shape index (κ2) is 8.12. The molecule has 4 aromatic rings. The standard InChI is InChI=1S/C25H22FN5O2/c1-14-22-20(13-21(15-9-10-15)29-23(22)31(2)30-14)25(33)28-18-7-3-5-16(11-18)24(32)27-19-8-4-6-17(26)12-19/h3-8,11-13,15H,9-10H2,1-2H3,(H,27,32)(H,28,33). The van der Waals surface area contributed by atoms with Crippen LogP contribution in [0.1, 0.15) is 50.9 Å². The van der Waals surface area contributed by atoms with Crippen LogP contribution in [0.2, 0.25) is 0 Å². The number of fused-ring (bicyclic) bond motifs is 1. The minimum atomic E-state index is -0.436. The Hall–Kier alpha value is -4.07. The molecule has 1 fully saturated rings. The minimum absolute atomic E-state index is 0.289. The number of carbonyl (C=O) groups is 2. The summed E-state index contributed by atoms with van der Waals surface area (Å²) < 4.78 is 15.1. The molecule has 166 valence electrons. The summed E-state index contributed by atoms with van der Waals surface area (Å²) >= 11 is 0. The van der Waals surface area contributed by atoms with Crippen LogP contribution in [-0.2, 0) is 7.05 Å². The lowest BCUT2D eigenvalue weighted by Crippen LogP contribution is -2.15. The highest BCUT2D eigenvalue weighted by atomic mass is 19.1. The molecule has 33 heavy (non-hydrogen) atoms. The SMILES string of the molecule is Cc1nn(C)c2nc(C3CC3)cc(C(=O)Nc3cccc(C(=O)Nc4cccc(F)c4)c3)c12. The van der Waals surface area contributed by atoms with E-state index in [1.165, 1.54) is 18.2 Å². The van der Waals surface area contributed by atoms with E-state index in [1.54, 1.807) is 35.0 Å². The van der Waals surface area contributed by atoms with Gasteiger partial charge in [0.2, 0.25) is 0 Å². The van der Waals surface area contributed by atoms with Crippen LogP contribution >= 0.6 is 0 Å². The van der Waals surface area contributed by atoms with Gasteiger partial charge in [0.1, 0.15) is 5.82 Å². The average Bonchev–Trinajstić information content (AvgIpc) is 3.59. The molecule has 5 rings (SSSR count). The Kier molecular flexibility index (Phi) is 5.12. The Morgan fingerprint density at radius 2 is 1.70 bits per heavy atom. The van der Waals surface area contributed by atoms with Crippen molar-refractivity contribution in [3.8, 4) is 0 Å². The first kappa shape index (κ1) is 20.8. The van der Waals surface area contributed by atoms with Gasteiger partial charge in [-0.1, -0.05) is 12.1 Å². The van der Waals surface area contributed by atoms with Crippen molar-refractivity contribution in [3.05, 3.63) is 82.9 Å². The summed E-state index contributed by atoms with van der Waals surface area (Å²) in [5.74, 6) is -0.745. The normalized spacial score (nSPS) is 13.2. The first-order valence-corrected chi connectivity index (χ1v) is 10.7. The number of carbonyl (C=O) groups excluding carboxylic acids is 2. The summed E-state index contributed by atoms with van der Waals surface area (Å²) in [4.78, 5) is 30.6. The lowest BCUT2D eigenvalue weighted by molar-refractivity contribution is 0.101. The number of nitrogens with zero attached hydrogens (tertiary/aromatic N) is 3. The highest BCUT2D eigenvalue weighted by molar-refractivity contribution is 6.13. The van der Waals surface area contributed by atoms with Crippen molar-refractivity contribution in [1.82, 2.24) is 14.8 Å². The van der Waals surface area contributed by atoms with Crippen LogP contribution < -0.4 is 10.6 Å². The number of amides is 2. The molecule has 0 radical (unpaired) electrons. The number of halogens is 1. The molecular formula is C25H22FN5O2. The number of hydrogen-bond donors (Lipinski definition) is 2. The van der Waals surface area contributed by atoms with E-state index in [4.69, 9.17) is 4.98 Å². The molecule has 1 saturated carbocycles. The van der Waals surface area contributed by atoms with Gasteiger partial charge in [0.05, 0.1) is 16.6 Å². The Balaban J connectivity index is 1.42. The predicted octanol–water partition coefficient (Wildman–Crippen LogP) is 4.80. The second-order valence-electron chi connectivity index (χ2n) is 8.28. The summed E-state index contributed by atoms with van der Waals surface area (Å²) in [5, 5.41) is 10.7. The molecule has 0 atom stereocenters. The second-order valence-corrected chi connectivity index (χ2v) is 8.28. The maximum atomic E-state index is 13.4. The molecule has 0 saturated heterocycles. The number of benzene rings is 2. The first-order valence-electron chi connectivity index (χ1n) is 10.7. The van der Waals surface area contributed by atoms with Gasteiger partial charge in [-0.2, -0.15) is 5.10 Å². The third-order valence-corrected chi connectivity index (χ3v) is 5.69. The monoisotopic (exact) mass is 443 g/mol. The minimum Gasteiger partial charge on any atom is -0.322 e. The zero-order valence-corrected chi connectivity index (χ0v) is 18.2. The highest BCUT2D eigenvalue weighted by Gasteiger charge is 2.28. The Morgan fingerprint density at radius 1 is 1.00 bits per heavy atom. The Labute approximate surface area is 189 Å². The summed E-state index contributed by atoms with van der Waals surface area (Å²) in [6, 6.07) is 14.1. The van der Waals surface area contributed by atoms with Crippen molar-refractivity contribution in [3.63, 3.8) is 0 Å². The summed E-state index contributed by atoms with van der Waals surface area (Å²) in [5.41, 5.74) is 4.01. The quantitative estimate of drug-likeness (QED) is 0.464. The molecule has 7 nitrogen and oxygen atoms in total. The fraction of sp³-hybridized carbons (Fsp3) is 0.200. The van der Waals surface area contributed by atoms with Gasteiger partial charge in [0.15, 0.2) is 5.65 Å². The molecule has 1 aliphatic carbocycles. The smallest absolute Gasteiger partial charge is 0.256 e. The molecule has 0 unspecified atom stereocenters. The molecule has 2 N–H and O–H groups in total. The van der Waals surface area contributed by atoms with Gasteiger partial charge in [-0.15, -0.1) is 0 Å². The largest absolute Gasteiger partial charge is 0.322 e. The fourth-order valence-electron chi connectivity index (χ4n) is 3.94. The third kappa shape index (κ3) is 4.19. The molecule has 0 bridgehead atoms. The van der Waals surface area contributed by atoms with Crippen LogP contribution in [-0.4, -0.2) is 26.6 Å². The zero-order chi connectivity index (χ0) is 23.1. The molecule has 2 heterocycles. The molecule has 1 aliphatic rings. The van der Waals surface area contributed by atoms with E-state index < -0.39 is 11.7 Å². The predicted molar refractivity (Wildman–Crippen MR) is 124 cm³/mol. The lowest BCUT2D eigenvalue weighted by atomic mass is 10.1. The summed E-state index contributed by atoms with van der Waals surface area (Å²) in [6.45, 7) is 1.86. The number of rotatable bonds is 5. The molecule has 0 aliphatic heterocycles. The van der Waals surface area contributed by atoms with Gasteiger partial charge in [-0.25, -0.2) is 9.37 Å². The number of hydrogen-bond acceptors (Lipinski definition) is 4. The van der Waals surface area contributed by atoms with E-state index in [0.717, 1.165) is 29.6 Å². The van der Waals surface area contributed by atoms with Crippen LogP contribution in [0.4, 0.5) is 15.8 Å². The molecule has 2 amide bonds. The molecule has 8 heteroatoms. The van der Waals surface area contributed by atoms with Gasteiger partial charge in [-0.3, -0.25) is 14.3 Å². The maximum absolute atomic E-state index is 13.4. The third-order valence-electron chi connectivity index (χ3n) is 5.69. The molecule has 2 aromatic heterocycles. The topological polar surface area (TPSA) is 88.9 Å². The van der Waals surface area contributed by atoms with E-state index in [-0.39, 0.29) is 5.91 Å². The van der Waals surface area contributed by atoms with Crippen LogP contribution in [0.5, 0.6) is 0 Å². The fourth-order valence-corrected chi connectivity index (χ4v) is 3.94. The van der Waals surface area contributed by atoms with Crippen molar-refractivity contribution in [2.24, 2.45) is 7.05 Å². The van der Waals surface area contributed by atoms with Crippen molar-refractivity contribution in [2.75, 3.05) is 10.6 Å². The highest BCUT2D eigenvalue weighted by Crippen LogP contribution is 2.40. The number of nitrogens with one attached hydrogen (secondary N) is 2. The van der Waals surface area contributed by atoms with Gasteiger partial charge in [-0.05, 0) is 62.2 Å². The lowest BCUT2D eigenvalue weighted by Gasteiger charge is -2.10. The van der Waals surface area contributed by atoms with Crippen molar-refractivity contribution >= 4 is 34.2 Å². The van der Waals surface area contributed by atoms with Gasteiger partial charge in [0, 0.05) is 35.6 Å². The van der Waals surface area contributed by atoms with Crippen LogP contribution in [0, 0.1) is 12.7 Å². The zero-order valence-electron chi connectivity index (χ0n) is 18.2. The van der Waals surface area contributed by atoms with Crippen molar-refractivity contribution in [1.29, 1.82) is 0 Å². The summed E-state index contributed by atoms with van der Waals surface area (Å²) in [7, 11) is 1.82. The molecular weight excluding hydrogens is 421 g/mol. The van der Waals surface area contributed by atoms with E-state index in [9.17, 15) is 14.0 Å². The van der Waals surface area contributed by atoms with Crippen molar-refractivity contribution < 1.29 is 14.0 Å². The van der Waals surface area contributed by atoms with Gasteiger partial charge >= 0.3 is 0 Å². The van der Waals surface area contributed by atoms with Crippen LogP contribution in [0.25, 0.3) is 11.0 Å². The number of aromatic nitrogens is 3. The first-order chi connectivity index (χ1) is 15.9. The number of anilines is 2. The average molecular weight is 443 g/mol. The van der Waals surface area contributed by atoms with Gasteiger partial charge in [0.25, 0.3) is 11.8 Å². The van der Waals surface area contributed by atoms with Crippen molar-refractivity contribution in [2.45, 2.75) is 25.7 Å². The van der Waals surface area contributed by atoms with Gasteiger partial charge < -0.3 is 10.6 Å². The van der Waals surface area contributed by atoms with E-state index >= 15 is 0 Å².